The average molecular weight is 221 g/mol. The zero-order chi connectivity index (χ0) is 11.5. The van der Waals surface area contributed by atoms with E-state index in [9.17, 15) is 4.39 Å². The molecular weight excluding hydrogens is 205 g/mol. The van der Waals surface area contributed by atoms with Gasteiger partial charge >= 0.3 is 0 Å². The molecule has 1 unspecified atom stereocenters. The van der Waals surface area contributed by atoms with Crippen LogP contribution < -0.4 is 5.73 Å². The summed E-state index contributed by atoms with van der Waals surface area (Å²) in [5, 5.41) is 0. The Kier molecular flexibility index (Phi) is 3.19. The topological polar surface area (TPSA) is 54.7 Å². The number of aryl methyl sites for hydroxylation is 1. The lowest BCUT2D eigenvalue weighted by atomic mass is 10.1. The first-order valence-corrected chi connectivity index (χ1v) is 5.54. The second kappa shape index (κ2) is 4.61. The van der Waals surface area contributed by atoms with E-state index >= 15 is 0 Å². The van der Waals surface area contributed by atoms with Gasteiger partial charge in [-0.15, -0.1) is 0 Å². The van der Waals surface area contributed by atoms with Gasteiger partial charge in [0, 0.05) is 6.42 Å². The summed E-state index contributed by atoms with van der Waals surface area (Å²) in [4.78, 5) is 7.37. The molecule has 3 N–H and O–H groups in total. The van der Waals surface area contributed by atoms with Crippen LogP contribution in [0, 0.1) is 11.7 Å². The molecule has 1 aromatic heterocycles. The van der Waals surface area contributed by atoms with Crippen LogP contribution in [-0.4, -0.2) is 16.5 Å². The van der Waals surface area contributed by atoms with Crippen molar-refractivity contribution in [1.82, 2.24) is 9.97 Å². The van der Waals surface area contributed by atoms with Gasteiger partial charge in [-0.05, 0) is 31.0 Å². The zero-order valence-corrected chi connectivity index (χ0v) is 9.33. The smallest absolute Gasteiger partial charge is 0.151 e. The average Bonchev–Trinajstić information content (AvgIpc) is 2.70. The molecule has 0 bridgehead atoms. The molecule has 1 atom stereocenters. The number of imidazole rings is 1. The number of nitrogens with one attached hydrogen (secondary N) is 1. The molecule has 16 heavy (non-hydrogen) atoms. The Balaban J connectivity index is 2.17. The standard InChI is InChI=1S/C12H16FN3/c1-8(7-14)5-6-11-15-10-4-2-3-9(13)12(10)16-11/h2-4,8H,5-7,14H2,1H3,(H,15,16). The van der Waals surface area contributed by atoms with Gasteiger partial charge < -0.3 is 10.7 Å². The molecule has 0 aliphatic carbocycles. The molecule has 3 nitrogen and oxygen atoms in total. The van der Waals surface area contributed by atoms with Crippen molar-refractivity contribution in [3.63, 3.8) is 0 Å². The van der Waals surface area contributed by atoms with Gasteiger partial charge in [0.1, 0.15) is 11.3 Å². The Labute approximate surface area is 93.9 Å². The van der Waals surface area contributed by atoms with E-state index in [1.54, 1.807) is 6.07 Å². The number of H-pyrrole nitrogens is 1. The fourth-order valence-electron chi connectivity index (χ4n) is 1.67. The number of para-hydroxylation sites is 1. The summed E-state index contributed by atoms with van der Waals surface area (Å²) < 4.78 is 13.4. The maximum absolute atomic E-state index is 13.4. The van der Waals surface area contributed by atoms with E-state index in [4.69, 9.17) is 5.73 Å². The first-order valence-electron chi connectivity index (χ1n) is 5.54. The lowest BCUT2D eigenvalue weighted by Crippen LogP contribution is -2.11. The fourth-order valence-corrected chi connectivity index (χ4v) is 1.67. The van der Waals surface area contributed by atoms with Gasteiger partial charge in [-0.2, -0.15) is 0 Å². The molecule has 0 aliphatic rings. The summed E-state index contributed by atoms with van der Waals surface area (Å²) in [7, 11) is 0. The number of nitrogens with two attached hydrogens (primary N) is 1. The third-order valence-corrected chi connectivity index (χ3v) is 2.79. The fraction of sp³-hybridized carbons (Fsp3) is 0.417. The van der Waals surface area contributed by atoms with Gasteiger partial charge in [0.2, 0.25) is 0 Å². The number of halogens is 1. The Morgan fingerprint density at radius 1 is 1.50 bits per heavy atom. The highest BCUT2D eigenvalue weighted by Crippen LogP contribution is 2.16. The van der Waals surface area contributed by atoms with Crippen LogP contribution in [0.15, 0.2) is 18.2 Å². The van der Waals surface area contributed by atoms with Crippen molar-refractivity contribution >= 4 is 11.0 Å². The second-order valence-corrected chi connectivity index (χ2v) is 4.20. The lowest BCUT2D eigenvalue weighted by Gasteiger charge is -2.05. The Morgan fingerprint density at radius 3 is 3.00 bits per heavy atom. The van der Waals surface area contributed by atoms with Crippen LogP contribution in [0.4, 0.5) is 4.39 Å². The minimum Gasteiger partial charge on any atom is -0.342 e. The third-order valence-electron chi connectivity index (χ3n) is 2.79. The highest BCUT2D eigenvalue weighted by molar-refractivity contribution is 5.75. The molecule has 4 heteroatoms. The Hall–Kier alpha value is -1.42. The highest BCUT2D eigenvalue weighted by atomic mass is 19.1. The number of rotatable bonds is 4. The molecule has 1 heterocycles. The molecule has 0 saturated heterocycles. The number of aromatic nitrogens is 2. The molecular formula is C12H16FN3. The largest absolute Gasteiger partial charge is 0.342 e. The van der Waals surface area contributed by atoms with Crippen molar-refractivity contribution in [2.75, 3.05) is 6.54 Å². The van der Waals surface area contributed by atoms with Crippen molar-refractivity contribution in [2.45, 2.75) is 19.8 Å². The number of aromatic amines is 1. The van der Waals surface area contributed by atoms with Crippen molar-refractivity contribution in [1.29, 1.82) is 0 Å². The highest BCUT2D eigenvalue weighted by Gasteiger charge is 2.07. The van der Waals surface area contributed by atoms with Crippen LogP contribution in [0.25, 0.3) is 11.0 Å². The van der Waals surface area contributed by atoms with E-state index in [0.717, 1.165) is 24.2 Å². The number of benzene rings is 1. The van der Waals surface area contributed by atoms with Crippen LogP contribution in [0.5, 0.6) is 0 Å². The molecule has 2 rings (SSSR count). The normalized spacial score (nSPS) is 13.2. The minimum absolute atomic E-state index is 0.271. The predicted octanol–water partition coefficient (Wildman–Crippen LogP) is 2.23. The number of fused-ring (bicyclic) bond motifs is 1. The van der Waals surface area contributed by atoms with Crippen LogP contribution in [0.3, 0.4) is 0 Å². The third kappa shape index (κ3) is 2.22. The molecule has 0 radical (unpaired) electrons. The zero-order valence-electron chi connectivity index (χ0n) is 9.33. The Bertz CT molecular complexity index is 478. The van der Waals surface area contributed by atoms with Gasteiger partial charge in [-0.25, -0.2) is 9.37 Å². The van der Waals surface area contributed by atoms with Gasteiger partial charge in [0.05, 0.1) is 5.52 Å². The van der Waals surface area contributed by atoms with Crippen LogP contribution in [0.1, 0.15) is 19.2 Å². The molecule has 0 aliphatic heterocycles. The first kappa shape index (κ1) is 11.1. The van der Waals surface area contributed by atoms with Crippen molar-refractivity contribution < 1.29 is 4.39 Å². The Morgan fingerprint density at radius 2 is 2.31 bits per heavy atom. The molecule has 1 aromatic carbocycles. The predicted molar refractivity (Wildman–Crippen MR) is 62.6 cm³/mol. The summed E-state index contributed by atoms with van der Waals surface area (Å²) in [6.45, 7) is 2.78. The maximum Gasteiger partial charge on any atom is 0.151 e. The molecule has 0 spiro atoms. The van der Waals surface area contributed by atoms with Crippen LogP contribution in [0.2, 0.25) is 0 Å². The van der Waals surface area contributed by atoms with Gasteiger partial charge in [0.25, 0.3) is 0 Å². The summed E-state index contributed by atoms with van der Waals surface area (Å²) in [6.07, 6.45) is 1.78. The van der Waals surface area contributed by atoms with E-state index in [1.807, 2.05) is 6.07 Å². The second-order valence-electron chi connectivity index (χ2n) is 4.20. The van der Waals surface area contributed by atoms with Crippen molar-refractivity contribution in [3.8, 4) is 0 Å². The minimum atomic E-state index is -0.271. The maximum atomic E-state index is 13.4. The van der Waals surface area contributed by atoms with Crippen LogP contribution >= 0.6 is 0 Å². The van der Waals surface area contributed by atoms with E-state index in [0.29, 0.717) is 18.0 Å². The van der Waals surface area contributed by atoms with Crippen molar-refractivity contribution in [3.05, 3.63) is 29.8 Å². The summed E-state index contributed by atoms with van der Waals surface area (Å²) in [5.74, 6) is 1.03. The summed E-state index contributed by atoms with van der Waals surface area (Å²) in [5.41, 5.74) is 6.73. The van der Waals surface area contributed by atoms with E-state index < -0.39 is 0 Å². The SMILES string of the molecule is CC(CN)CCc1nc2c(F)cccc2[nH]1. The van der Waals surface area contributed by atoms with Gasteiger partial charge in [0.15, 0.2) is 5.82 Å². The quantitative estimate of drug-likeness (QED) is 0.831. The number of hydrogen-bond acceptors (Lipinski definition) is 2. The van der Waals surface area contributed by atoms with Crippen molar-refractivity contribution in [2.24, 2.45) is 11.7 Å². The molecule has 0 amide bonds. The summed E-state index contributed by atoms with van der Waals surface area (Å²) in [6, 6.07) is 4.94. The number of nitrogens with zero attached hydrogens (tertiary/aromatic N) is 1. The molecule has 0 saturated carbocycles. The van der Waals surface area contributed by atoms with E-state index in [-0.39, 0.29) is 5.82 Å². The first-order chi connectivity index (χ1) is 7.70. The monoisotopic (exact) mass is 221 g/mol. The lowest BCUT2D eigenvalue weighted by molar-refractivity contribution is 0.537. The molecule has 0 fully saturated rings. The number of hydrogen-bond donors (Lipinski definition) is 2. The van der Waals surface area contributed by atoms with E-state index in [2.05, 4.69) is 16.9 Å². The summed E-state index contributed by atoms with van der Waals surface area (Å²) >= 11 is 0. The van der Waals surface area contributed by atoms with Crippen LogP contribution in [-0.2, 0) is 6.42 Å². The van der Waals surface area contributed by atoms with Gasteiger partial charge in [-0.1, -0.05) is 13.0 Å². The molecule has 2 aromatic rings. The molecule has 86 valence electrons. The van der Waals surface area contributed by atoms with Gasteiger partial charge in [-0.3, -0.25) is 0 Å². The van der Waals surface area contributed by atoms with E-state index in [1.165, 1.54) is 6.07 Å².